The normalized spacial score (nSPS) is 17.1. The van der Waals surface area contributed by atoms with E-state index in [1.807, 2.05) is 37.1 Å². The first-order valence-corrected chi connectivity index (χ1v) is 7.43. The Balaban J connectivity index is 2.13. The lowest BCUT2D eigenvalue weighted by atomic mass is 10.0. The van der Waals surface area contributed by atoms with Crippen LogP contribution in [0.4, 0.5) is 0 Å². The summed E-state index contributed by atoms with van der Waals surface area (Å²) in [6.07, 6.45) is 2.81. The molecule has 1 heterocycles. The first-order chi connectivity index (χ1) is 9.76. The van der Waals surface area contributed by atoms with E-state index in [-0.39, 0.29) is 11.9 Å². The van der Waals surface area contributed by atoms with Gasteiger partial charge in [-0.25, -0.2) is 0 Å². The average molecular weight is 276 g/mol. The predicted octanol–water partition coefficient (Wildman–Crippen LogP) is 2.36. The number of benzene rings is 1. The first-order valence-electron chi connectivity index (χ1n) is 7.43. The Kier molecular flexibility index (Phi) is 5.41. The van der Waals surface area contributed by atoms with E-state index < -0.39 is 0 Å². The molecule has 110 valence electrons. The lowest BCUT2D eigenvalue weighted by molar-refractivity contribution is -0.133. The summed E-state index contributed by atoms with van der Waals surface area (Å²) in [5, 5.41) is 3.31. The highest BCUT2D eigenvalue weighted by Gasteiger charge is 2.23. The van der Waals surface area contributed by atoms with Crippen molar-refractivity contribution < 1.29 is 9.53 Å². The van der Waals surface area contributed by atoms with E-state index in [1.165, 1.54) is 0 Å². The maximum atomic E-state index is 12.0. The van der Waals surface area contributed by atoms with Crippen LogP contribution in [0.15, 0.2) is 24.3 Å². The first kappa shape index (κ1) is 14.9. The van der Waals surface area contributed by atoms with E-state index in [4.69, 9.17) is 4.74 Å². The predicted molar refractivity (Wildman–Crippen MR) is 79.8 cm³/mol. The van der Waals surface area contributed by atoms with Crippen molar-refractivity contribution in [1.29, 1.82) is 0 Å². The molecule has 0 spiro atoms. The van der Waals surface area contributed by atoms with Crippen molar-refractivity contribution in [2.24, 2.45) is 0 Å². The van der Waals surface area contributed by atoms with E-state index in [2.05, 4.69) is 11.4 Å². The smallest absolute Gasteiger partial charge is 0.222 e. The zero-order chi connectivity index (χ0) is 14.4. The van der Waals surface area contributed by atoms with Crippen LogP contribution in [-0.4, -0.2) is 37.6 Å². The largest absolute Gasteiger partial charge is 0.494 e. The quantitative estimate of drug-likeness (QED) is 0.867. The van der Waals surface area contributed by atoms with Gasteiger partial charge in [-0.1, -0.05) is 18.2 Å². The number of likely N-dealkylation sites (N-methyl/N-ethyl adjacent to an activating group) is 1. The van der Waals surface area contributed by atoms with Crippen LogP contribution < -0.4 is 10.1 Å². The fraction of sp³-hybridized carbons (Fsp3) is 0.562. The maximum Gasteiger partial charge on any atom is 0.222 e. The van der Waals surface area contributed by atoms with Gasteiger partial charge in [0.25, 0.3) is 0 Å². The minimum atomic E-state index is 0.111. The zero-order valence-corrected chi connectivity index (χ0v) is 12.4. The number of likely N-dealkylation sites (tertiary alicyclic amines) is 1. The molecule has 20 heavy (non-hydrogen) atoms. The molecule has 1 fully saturated rings. The van der Waals surface area contributed by atoms with Crippen molar-refractivity contribution in [1.82, 2.24) is 10.2 Å². The number of piperidine rings is 1. The van der Waals surface area contributed by atoms with E-state index in [1.54, 1.807) is 0 Å². The number of carbonyl (C=O) groups excluding carboxylic acids is 1. The molecule has 1 aromatic carbocycles. The SMILES string of the molecule is CCOc1ccccc1C(CN1CCCCC1=O)NC. The molecule has 0 aromatic heterocycles. The van der Waals surface area contributed by atoms with Crippen molar-refractivity contribution in [2.75, 3.05) is 26.7 Å². The van der Waals surface area contributed by atoms with Crippen LogP contribution in [0.2, 0.25) is 0 Å². The molecule has 1 N–H and O–H groups in total. The molecule has 1 aliphatic rings. The summed E-state index contributed by atoms with van der Waals surface area (Å²) in [6.45, 7) is 4.21. The van der Waals surface area contributed by atoms with Crippen molar-refractivity contribution in [3.63, 3.8) is 0 Å². The number of amides is 1. The number of para-hydroxylation sites is 1. The minimum Gasteiger partial charge on any atom is -0.494 e. The van der Waals surface area contributed by atoms with Crippen LogP contribution in [-0.2, 0) is 4.79 Å². The molecule has 1 amide bonds. The van der Waals surface area contributed by atoms with Gasteiger partial charge in [0.05, 0.1) is 12.6 Å². The van der Waals surface area contributed by atoms with Crippen molar-refractivity contribution in [3.05, 3.63) is 29.8 Å². The Hall–Kier alpha value is -1.55. The average Bonchev–Trinajstić information content (AvgIpc) is 2.48. The highest BCUT2D eigenvalue weighted by Crippen LogP contribution is 2.26. The second-order valence-corrected chi connectivity index (χ2v) is 5.11. The van der Waals surface area contributed by atoms with Crippen LogP contribution in [0.1, 0.15) is 37.8 Å². The summed E-state index contributed by atoms with van der Waals surface area (Å²) < 4.78 is 5.69. The van der Waals surface area contributed by atoms with Crippen LogP contribution in [0.5, 0.6) is 5.75 Å². The standard InChI is InChI=1S/C16H24N2O2/c1-3-20-15-9-5-4-8-13(15)14(17-2)12-18-11-7-6-10-16(18)19/h4-5,8-9,14,17H,3,6-7,10-12H2,1-2H3. The van der Waals surface area contributed by atoms with Crippen LogP contribution in [0, 0.1) is 0 Å². The Bertz CT molecular complexity index is 448. The molecular formula is C16H24N2O2. The summed E-state index contributed by atoms with van der Waals surface area (Å²) in [5.74, 6) is 1.17. The lowest BCUT2D eigenvalue weighted by Crippen LogP contribution is -2.41. The summed E-state index contributed by atoms with van der Waals surface area (Å²) in [6, 6.07) is 8.16. The summed E-state index contributed by atoms with van der Waals surface area (Å²) in [7, 11) is 1.93. The Labute approximate surface area is 121 Å². The van der Waals surface area contributed by atoms with Gasteiger partial charge in [0, 0.05) is 25.1 Å². The third kappa shape index (κ3) is 3.51. The Morgan fingerprint density at radius 2 is 2.15 bits per heavy atom. The molecule has 0 radical (unpaired) electrons. The number of carbonyl (C=O) groups is 1. The van der Waals surface area contributed by atoms with E-state index in [9.17, 15) is 4.79 Å². The number of nitrogens with zero attached hydrogens (tertiary/aromatic N) is 1. The molecule has 1 unspecified atom stereocenters. The Morgan fingerprint density at radius 3 is 2.85 bits per heavy atom. The zero-order valence-electron chi connectivity index (χ0n) is 12.4. The highest BCUT2D eigenvalue weighted by molar-refractivity contribution is 5.76. The lowest BCUT2D eigenvalue weighted by Gasteiger charge is -2.31. The maximum absolute atomic E-state index is 12.0. The van der Waals surface area contributed by atoms with Crippen molar-refractivity contribution in [2.45, 2.75) is 32.2 Å². The third-order valence-electron chi connectivity index (χ3n) is 3.77. The van der Waals surface area contributed by atoms with Gasteiger partial charge in [-0.15, -0.1) is 0 Å². The fourth-order valence-electron chi connectivity index (χ4n) is 2.68. The van der Waals surface area contributed by atoms with Crippen LogP contribution in [0.3, 0.4) is 0 Å². The molecule has 1 aliphatic heterocycles. The Morgan fingerprint density at radius 1 is 1.35 bits per heavy atom. The number of hydrogen-bond acceptors (Lipinski definition) is 3. The van der Waals surface area contributed by atoms with Crippen molar-refractivity contribution in [3.8, 4) is 5.75 Å². The van der Waals surface area contributed by atoms with E-state index in [0.29, 0.717) is 19.6 Å². The van der Waals surface area contributed by atoms with Gasteiger partial charge in [-0.3, -0.25) is 4.79 Å². The molecule has 1 atom stereocenters. The third-order valence-corrected chi connectivity index (χ3v) is 3.77. The summed E-state index contributed by atoms with van der Waals surface area (Å²) in [4.78, 5) is 13.9. The van der Waals surface area contributed by atoms with Gasteiger partial charge in [0.15, 0.2) is 0 Å². The molecule has 1 aromatic rings. The van der Waals surface area contributed by atoms with Gasteiger partial charge < -0.3 is 15.0 Å². The molecule has 4 nitrogen and oxygen atoms in total. The van der Waals surface area contributed by atoms with E-state index >= 15 is 0 Å². The molecule has 0 saturated carbocycles. The molecular weight excluding hydrogens is 252 g/mol. The molecule has 0 bridgehead atoms. The van der Waals surface area contributed by atoms with Gasteiger partial charge in [0.1, 0.15) is 5.75 Å². The number of nitrogens with one attached hydrogen (secondary N) is 1. The van der Waals surface area contributed by atoms with Crippen LogP contribution in [0.25, 0.3) is 0 Å². The summed E-state index contributed by atoms with van der Waals surface area (Å²) in [5.41, 5.74) is 1.12. The number of hydrogen-bond donors (Lipinski definition) is 1. The molecule has 4 heteroatoms. The second kappa shape index (κ2) is 7.29. The number of rotatable bonds is 6. The van der Waals surface area contributed by atoms with Crippen molar-refractivity contribution >= 4 is 5.91 Å². The highest BCUT2D eigenvalue weighted by atomic mass is 16.5. The molecule has 1 saturated heterocycles. The topological polar surface area (TPSA) is 41.6 Å². The fourth-order valence-corrected chi connectivity index (χ4v) is 2.68. The van der Waals surface area contributed by atoms with Gasteiger partial charge in [-0.2, -0.15) is 0 Å². The molecule has 2 rings (SSSR count). The minimum absolute atomic E-state index is 0.111. The van der Waals surface area contributed by atoms with E-state index in [0.717, 1.165) is 30.7 Å². The second-order valence-electron chi connectivity index (χ2n) is 5.11. The monoisotopic (exact) mass is 276 g/mol. The number of ether oxygens (including phenoxy) is 1. The van der Waals surface area contributed by atoms with Crippen LogP contribution >= 0.6 is 0 Å². The summed E-state index contributed by atoms with van der Waals surface area (Å²) >= 11 is 0. The van der Waals surface area contributed by atoms with Gasteiger partial charge in [-0.05, 0) is 32.9 Å². The van der Waals surface area contributed by atoms with Gasteiger partial charge >= 0.3 is 0 Å². The van der Waals surface area contributed by atoms with Gasteiger partial charge in [0.2, 0.25) is 5.91 Å². The molecule has 0 aliphatic carbocycles.